The van der Waals surface area contributed by atoms with Crippen molar-refractivity contribution in [2.75, 3.05) is 13.1 Å². The van der Waals surface area contributed by atoms with Gasteiger partial charge in [-0.1, -0.05) is 19.3 Å². The van der Waals surface area contributed by atoms with Gasteiger partial charge in [0.25, 0.3) is 0 Å². The van der Waals surface area contributed by atoms with Crippen LogP contribution in [-0.4, -0.2) is 29.8 Å². The maximum atomic E-state index is 10.1. The number of hydrogen-bond acceptors (Lipinski definition) is 3. The lowest BCUT2D eigenvalue weighted by atomic mass is 9.85. The number of aliphatic hydroxyl groups is 1. The molecule has 1 fully saturated rings. The first-order chi connectivity index (χ1) is 6.16. The molecular weight excluding hydrogens is 164 g/mol. The molecule has 0 heterocycles. The molecule has 0 bridgehead atoms. The lowest BCUT2D eigenvalue weighted by Crippen LogP contribution is -2.46. The minimum Gasteiger partial charge on any atom is -0.389 e. The first kappa shape index (κ1) is 11.0. The Morgan fingerprint density at radius 1 is 1.38 bits per heavy atom. The Morgan fingerprint density at radius 2 is 2.00 bits per heavy atom. The fraction of sp³-hybridized carbons (Fsp3) is 1.00. The third-order valence-corrected chi connectivity index (χ3v) is 2.92. The Morgan fingerprint density at radius 3 is 2.54 bits per heavy atom. The summed E-state index contributed by atoms with van der Waals surface area (Å²) in [5.41, 5.74) is 5.03. The summed E-state index contributed by atoms with van der Waals surface area (Å²) in [4.78, 5) is 0. The number of nitrogens with one attached hydrogen (secondary N) is 1. The third kappa shape index (κ3) is 3.63. The predicted molar refractivity (Wildman–Crippen MR) is 54.6 cm³/mol. The number of rotatable bonds is 4. The van der Waals surface area contributed by atoms with Crippen LogP contribution in [0.25, 0.3) is 0 Å². The molecule has 0 spiro atoms. The summed E-state index contributed by atoms with van der Waals surface area (Å²) in [6.07, 6.45) is 5.48. The standard InChI is InChI=1S/C10H22N2O/c1-9(7-11)12-8-10(13)5-3-2-4-6-10/h9,12-13H,2-8,11H2,1H3. The van der Waals surface area contributed by atoms with Crippen LogP contribution in [0.2, 0.25) is 0 Å². The van der Waals surface area contributed by atoms with Crippen LogP contribution in [0.5, 0.6) is 0 Å². The van der Waals surface area contributed by atoms with Crippen molar-refractivity contribution in [3.05, 3.63) is 0 Å². The van der Waals surface area contributed by atoms with Crippen molar-refractivity contribution >= 4 is 0 Å². The van der Waals surface area contributed by atoms with E-state index in [4.69, 9.17) is 5.73 Å². The van der Waals surface area contributed by atoms with Gasteiger partial charge in [-0.3, -0.25) is 0 Å². The Labute approximate surface area is 80.7 Å². The molecule has 0 aromatic carbocycles. The normalized spacial score (nSPS) is 24.2. The van der Waals surface area contributed by atoms with Crippen LogP contribution < -0.4 is 11.1 Å². The number of hydrogen-bond donors (Lipinski definition) is 3. The molecule has 78 valence electrons. The van der Waals surface area contributed by atoms with Gasteiger partial charge in [-0.2, -0.15) is 0 Å². The lowest BCUT2D eigenvalue weighted by molar-refractivity contribution is 0.00326. The molecule has 0 amide bonds. The molecule has 1 rings (SSSR count). The Balaban J connectivity index is 2.24. The highest BCUT2D eigenvalue weighted by Gasteiger charge is 2.28. The monoisotopic (exact) mass is 186 g/mol. The summed E-state index contributed by atoms with van der Waals surface area (Å²) in [6, 6.07) is 0.311. The molecule has 1 saturated carbocycles. The van der Waals surface area contributed by atoms with E-state index >= 15 is 0 Å². The summed E-state index contributed by atoms with van der Waals surface area (Å²) >= 11 is 0. The molecule has 4 N–H and O–H groups in total. The van der Waals surface area contributed by atoms with Gasteiger partial charge >= 0.3 is 0 Å². The van der Waals surface area contributed by atoms with Crippen LogP contribution in [0.15, 0.2) is 0 Å². The zero-order chi connectivity index (χ0) is 9.73. The van der Waals surface area contributed by atoms with Crippen LogP contribution in [0, 0.1) is 0 Å². The third-order valence-electron chi connectivity index (χ3n) is 2.92. The van der Waals surface area contributed by atoms with Gasteiger partial charge in [-0.15, -0.1) is 0 Å². The molecule has 13 heavy (non-hydrogen) atoms. The Hall–Kier alpha value is -0.120. The number of nitrogens with two attached hydrogens (primary N) is 1. The molecule has 1 aliphatic carbocycles. The maximum absolute atomic E-state index is 10.1. The van der Waals surface area contributed by atoms with Crippen molar-refractivity contribution in [1.29, 1.82) is 0 Å². The van der Waals surface area contributed by atoms with Crippen molar-refractivity contribution in [3.8, 4) is 0 Å². The summed E-state index contributed by atoms with van der Waals surface area (Å²) < 4.78 is 0. The van der Waals surface area contributed by atoms with E-state index in [1.807, 2.05) is 6.92 Å². The second kappa shape index (κ2) is 4.94. The molecule has 1 atom stereocenters. The fourth-order valence-electron chi connectivity index (χ4n) is 1.83. The predicted octanol–water partition coefficient (Wildman–Crippen LogP) is 0.618. The molecule has 1 aliphatic rings. The van der Waals surface area contributed by atoms with E-state index in [1.165, 1.54) is 6.42 Å². The highest BCUT2D eigenvalue weighted by molar-refractivity contribution is 4.85. The van der Waals surface area contributed by atoms with E-state index in [1.54, 1.807) is 0 Å². The van der Waals surface area contributed by atoms with E-state index in [0.29, 0.717) is 19.1 Å². The molecule has 0 aliphatic heterocycles. The van der Waals surface area contributed by atoms with Gasteiger partial charge in [0.05, 0.1) is 5.60 Å². The summed E-state index contributed by atoms with van der Waals surface area (Å²) in [7, 11) is 0. The zero-order valence-corrected chi connectivity index (χ0v) is 8.55. The summed E-state index contributed by atoms with van der Waals surface area (Å²) in [6.45, 7) is 3.38. The summed E-state index contributed by atoms with van der Waals surface area (Å²) in [5, 5.41) is 13.4. The van der Waals surface area contributed by atoms with Gasteiger partial charge in [0.1, 0.15) is 0 Å². The molecule has 0 saturated heterocycles. The van der Waals surface area contributed by atoms with Crippen LogP contribution in [-0.2, 0) is 0 Å². The molecule has 3 nitrogen and oxygen atoms in total. The summed E-state index contributed by atoms with van der Waals surface area (Å²) in [5.74, 6) is 0. The van der Waals surface area contributed by atoms with Crippen molar-refractivity contribution < 1.29 is 5.11 Å². The van der Waals surface area contributed by atoms with Gasteiger partial charge in [0.2, 0.25) is 0 Å². The highest BCUT2D eigenvalue weighted by atomic mass is 16.3. The van der Waals surface area contributed by atoms with Crippen molar-refractivity contribution in [3.63, 3.8) is 0 Å². The van der Waals surface area contributed by atoms with E-state index < -0.39 is 5.60 Å². The molecule has 3 heteroatoms. The van der Waals surface area contributed by atoms with Crippen LogP contribution in [0.3, 0.4) is 0 Å². The molecular formula is C10H22N2O. The van der Waals surface area contributed by atoms with Crippen LogP contribution >= 0.6 is 0 Å². The first-order valence-electron chi connectivity index (χ1n) is 5.32. The van der Waals surface area contributed by atoms with Crippen LogP contribution in [0.1, 0.15) is 39.0 Å². The van der Waals surface area contributed by atoms with Crippen molar-refractivity contribution in [2.24, 2.45) is 5.73 Å². The highest BCUT2D eigenvalue weighted by Crippen LogP contribution is 2.27. The minimum absolute atomic E-state index is 0.311. The van der Waals surface area contributed by atoms with Crippen molar-refractivity contribution in [1.82, 2.24) is 5.32 Å². The quantitative estimate of drug-likeness (QED) is 0.603. The maximum Gasteiger partial charge on any atom is 0.0771 e. The fourth-order valence-corrected chi connectivity index (χ4v) is 1.83. The topological polar surface area (TPSA) is 58.3 Å². The van der Waals surface area contributed by atoms with Gasteiger partial charge in [0, 0.05) is 19.1 Å². The van der Waals surface area contributed by atoms with Gasteiger partial charge in [-0.05, 0) is 19.8 Å². The van der Waals surface area contributed by atoms with E-state index in [-0.39, 0.29) is 0 Å². The second-order valence-electron chi connectivity index (χ2n) is 4.30. The van der Waals surface area contributed by atoms with Crippen molar-refractivity contribution in [2.45, 2.75) is 50.7 Å². The average molecular weight is 186 g/mol. The van der Waals surface area contributed by atoms with E-state index in [2.05, 4.69) is 5.32 Å². The SMILES string of the molecule is CC(CN)NCC1(O)CCCCC1. The van der Waals surface area contributed by atoms with Gasteiger partial charge in [-0.25, -0.2) is 0 Å². The minimum atomic E-state index is -0.457. The van der Waals surface area contributed by atoms with Crippen LogP contribution in [0.4, 0.5) is 0 Å². The second-order valence-corrected chi connectivity index (χ2v) is 4.30. The van der Waals surface area contributed by atoms with E-state index in [9.17, 15) is 5.11 Å². The Bertz CT molecular complexity index is 144. The van der Waals surface area contributed by atoms with E-state index in [0.717, 1.165) is 25.7 Å². The van der Waals surface area contributed by atoms with Gasteiger partial charge in [0.15, 0.2) is 0 Å². The molecule has 1 unspecified atom stereocenters. The zero-order valence-electron chi connectivity index (χ0n) is 8.55. The first-order valence-corrected chi connectivity index (χ1v) is 5.32. The van der Waals surface area contributed by atoms with Gasteiger partial charge < -0.3 is 16.2 Å². The largest absolute Gasteiger partial charge is 0.389 e. The average Bonchev–Trinajstić information content (AvgIpc) is 2.15. The molecule has 0 aromatic heterocycles. The molecule has 0 aromatic rings. The lowest BCUT2D eigenvalue weighted by Gasteiger charge is -2.33. The Kier molecular flexibility index (Phi) is 4.16. The molecule has 0 radical (unpaired) electrons. The smallest absolute Gasteiger partial charge is 0.0771 e.